The minimum atomic E-state index is -0.746. The van der Waals surface area contributed by atoms with Gasteiger partial charge in [0.05, 0.1) is 39.6 Å². The van der Waals surface area contributed by atoms with Crippen LogP contribution in [0.3, 0.4) is 0 Å². The summed E-state index contributed by atoms with van der Waals surface area (Å²) in [5.41, 5.74) is 12.6. The second kappa shape index (κ2) is 16.5. The zero-order chi connectivity index (χ0) is 39.6. The highest BCUT2D eigenvalue weighted by Crippen LogP contribution is 2.38. The van der Waals surface area contributed by atoms with Crippen LogP contribution in [-0.2, 0) is 9.59 Å². The fourth-order valence-corrected chi connectivity index (χ4v) is 8.63. The SMILES string of the molecule is C=C(N[C@@H](C)c1ccc(-c2scnc2C)cc1)[C@@H]1C[C@@H](O)CN1C(=O)[C@@H](CC(=O)CC1CCN(c2cc(-c3cccc(F)c3O)nnc2N)CC1)C(C)(C)C. The first-order chi connectivity index (χ1) is 26.1. The van der Waals surface area contributed by atoms with Gasteiger partial charge in [-0.25, -0.2) is 9.37 Å². The van der Waals surface area contributed by atoms with Crippen LogP contribution in [0.1, 0.15) is 77.1 Å². The summed E-state index contributed by atoms with van der Waals surface area (Å²) in [6.45, 7) is 15.8. The number of benzene rings is 2. The molecule has 0 radical (unpaired) electrons. The van der Waals surface area contributed by atoms with Crippen molar-refractivity contribution in [1.82, 2.24) is 25.4 Å². The molecule has 11 nitrogen and oxygen atoms in total. The number of thiazole rings is 1. The minimum absolute atomic E-state index is 0.0412. The van der Waals surface area contributed by atoms with Crippen molar-refractivity contribution in [2.75, 3.05) is 30.3 Å². The number of β-amino-alcohol motifs (C(OH)–C–C–N with tert-alkyl or cyclic N) is 1. The van der Waals surface area contributed by atoms with Crippen molar-refractivity contribution in [2.45, 2.75) is 84.9 Å². The number of anilines is 2. The highest BCUT2D eigenvalue weighted by atomic mass is 32.1. The summed E-state index contributed by atoms with van der Waals surface area (Å²) < 4.78 is 14.0. The molecule has 4 atom stereocenters. The van der Waals surface area contributed by atoms with E-state index in [1.54, 1.807) is 28.4 Å². The molecule has 2 aliphatic rings. The highest BCUT2D eigenvalue weighted by molar-refractivity contribution is 7.13. The van der Waals surface area contributed by atoms with Crippen molar-refractivity contribution in [2.24, 2.45) is 17.3 Å². The highest BCUT2D eigenvalue weighted by Gasteiger charge is 2.43. The molecule has 13 heteroatoms. The van der Waals surface area contributed by atoms with Crippen LogP contribution < -0.4 is 16.0 Å². The Balaban J connectivity index is 1.06. The number of rotatable bonds is 12. The molecule has 0 unspecified atom stereocenters. The van der Waals surface area contributed by atoms with Gasteiger partial charge in [-0.05, 0) is 67.3 Å². The minimum Gasteiger partial charge on any atom is -0.504 e. The van der Waals surface area contributed by atoms with Gasteiger partial charge in [0.1, 0.15) is 5.78 Å². The van der Waals surface area contributed by atoms with E-state index in [-0.39, 0.29) is 48.0 Å². The quantitative estimate of drug-likeness (QED) is 0.118. The smallest absolute Gasteiger partial charge is 0.227 e. The summed E-state index contributed by atoms with van der Waals surface area (Å²) in [7, 11) is 0. The number of hydrogen-bond donors (Lipinski definition) is 4. The zero-order valence-corrected chi connectivity index (χ0v) is 33.1. The number of nitrogens with zero attached hydrogens (tertiary/aromatic N) is 5. The van der Waals surface area contributed by atoms with Crippen molar-refractivity contribution in [1.29, 1.82) is 0 Å². The van der Waals surface area contributed by atoms with Crippen LogP contribution in [0.5, 0.6) is 5.75 Å². The Morgan fingerprint density at radius 3 is 2.49 bits per heavy atom. The molecule has 0 bridgehead atoms. The number of aromatic hydroxyl groups is 1. The molecule has 5 N–H and O–H groups in total. The number of aromatic nitrogens is 3. The first-order valence-electron chi connectivity index (χ1n) is 18.9. The molecular formula is C42H52FN7O4S. The molecule has 4 aromatic rings. The van der Waals surface area contributed by atoms with Crippen molar-refractivity contribution >= 4 is 34.5 Å². The molecule has 4 heterocycles. The number of nitrogen functional groups attached to an aromatic ring is 1. The maximum Gasteiger partial charge on any atom is 0.227 e. The Morgan fingerprint density at radius 1 is 1.13 bits per heavy atom. The Kier molecular flexibility index (Phi) is 11.9. The summed E-state index contributed by atoms with van der Waals surface area (Å²) >= 11 is 1.62. The van der Waals surface area contributed by atoms with E-state index in [0.717, 1.165) is 34.5 Å². The van der Waals surface area contributed by atoms with Crippen LogP contribution in [0.2, 0.25) is 0 Å². The number of aliphatic hydroxyl groups is 1. The van der Waals surface area contributed by atoms with E-state index in [4.69, 9.17) is 5.73 Å². The third-order valence-electron chi connectivity index (χ3n) is 11.1. The van der Waals surface area contributed by atoms with E-state index in [1.807, 2.05) is 33.2 Å². The number of nitrogens with one attached hydrogen (secondary N) is 1. The van der Waals surface area contributed by atoms with Gasteiger partial charge in [0, 0.05) is 62.1 Å². The van der Waals surface area contributed by atoms with Crippen molar-refractivity contribution in [3.05, 3.63) is 83.4 Å². The molecule has 6 rings (SSSR count). The lowest BCUT2D eigenvalue weighted by molar-refractivity contribution is -0.142. The van der Waals surface area contributed by atoms with Gasteiger partial charge in [0.2, 0.25) is 5.91 Å². The number of carbonyl (C=O) groups excluding carboxylic acids is 2. The number of halogens is 1. The molecule has 0 saturated carbocycles. The summed E-state index contributed by atoms with van der Waals surface area (Å²) in [6, 6.07) is 13.8. The summed E-state index contributed by atoms with van der Waals surface area (Å²) in [5.74, 6) is -1.54. The van der Waals surface area contributed by atoms with Crippen LogP contribution in [0, 0.1) is 30.0 Å². The maximum absolute atomic E-state index is 14.3. The predicted molar refractivity (Wildman–Crippen MR) is 215 cm³/mol. The van der Waals surface area contributed by atoms with Gasteiger partial charge >= 0.3 is 0 Å². The Bertz CT molecular complexity index is 2020. The van der Waals surface area contributed by atoms with Gasteiger partial charge in [0.25, 0.3) is 0 Å². The largest absolute Gasteiger partial charge is 0.504 e. The lowest BCUT2D eigenvalue weighted by atomic mass is 9.75. The number of Topliss-reactive ketones (excluding diaryl/α,β-unsaturated/α-hetero) is 1. The number of nitrogens with two attached hydrogens (primary N) is 1. The lowest BCUT2D eigenvalue weighted by Gasteiger charge is -2.37. The predicted octanol–water partition coefficient (Wildman–Crippen LogP) is 7.06. The molecule has 2 aromatic heterocycles. The molecule has 2 fully saturated rings. The number of phenolic OH excluding ortho intramolecular Hbond substituents is 1. The average Bonchev–Trinajstić information content (AvgIpc) is 3.77. The van der Waals surface area contributed by atoms with Gasteiger partial charge in [-0.3, -0.25) is 9.59 Å². The van der Waals surface area contributed by atoms with E-state index >= 15 is 0 Å². The molecule has 292 valence electrons. The molecule has 1 amide bonds. The molecule has 0 aliphatic carbocycles. The second-order valence-electron chi connectivity index (χ2n) is 16.1. The van der Waals surface area contributed by atoms with E-state index < -0.39 is 35.0 Å². The zero-order valence-electron chi connectivity index (χ0n) is 32.3. The summed E-state index contributed by atoms with van der Waals surface area (Å²) in [6.07, 6.45) is 1.64. The summed E-state index contributed by atoms with van der Waals surface area (Å²) in [5, 5.41) is 32.7. The van der Waals surface area contributed by atoms with Crippen molar-refractivity contribution < 1.29 is 24.2 Å². The van der Waals surface area contributed by atoms with Crippen LogP contribution >= 0.6 is 11.3 Å². The fraction of sp³-hybridized carbons (Fsp3) is 0.452. The number of ketones is 1. The number of hydrogen-bond acceptors (Lipinski definition) is 11. The number of aliphatic hydroxyl groups excluding tert-OH is 1. The van der Waals surface area contributed by atoms with E-state index in [0.29, 0.717) is 43.0 Å². The van der Waals surface area contributed by atoms with Gasteiger partial charge in [-0.15, -0.1) is 21.5 Å². The third kappa shape index (κ3) is 8.99. The number of phenols is 1. The van der Waals surface area contributed by atoms with E-state index in [1.165, 1.54) is 12.1 Å². The molecule has 55 heavy (non-hydrogen) atoms. The van der Waals surface area contributed by atoms with Crippen LogP contribution in [0.4, 0.5) is 15.9 Å². The van der Waals surface area contributed by atoms with Crippen LogP contribution in [0.25, 0.3) is 21.7 Å². The van der Waals surface area contributed by atoms with Crippen LogP contribution in [-0.4, -0.2) is 73.8 Å². The van der Waals surface area contributed by atoms with Crippen molar-refractivity contribution in [3.63, 3.8) is 0 Å². The fourth-order valence-electron chi connectivity index (χ4n) is 7.82. The number of para-hydroxylation sites is 1. The van der Waals surface area contributed by atoms with Gasteiger partial charge in [-0.1, -0.05) is 57.7 Å². The Labute approximate surface area is 326 Å². The molecule has 0 spiro atoms. The number of likely N-dealkylation sites (tertiary alicyclic amines) is 1. The second-order valence-corrected chi connectivity index (χ2v) is 17.0. The van der Waals surface area contributed by atoms with E-state index in [2.05, 4.69) is 63.2 Å². The third-order valence-corrected chi connectivity index (χ3v) is 12.1. The van der Waals surface area contributed by atoms with Crippen LogP contribution in [0.15, 0.2) is 66.3 Å². The monoisotopic (exact) mass is 769 g/mol. The summed E-state index contributed by atoms with van der Waals surface area (Å²) in [4.78, 5) is 37.3. The molecule has 2 aliphatic heterocycles. The van der Waals surface area contributed by atoms with Gasteiger partial charge in [0.15, 0.2) is 17.4 Å². The normalized spacial score (nSPS) is 19.0. The average molecular weight is 770 g/mol. The first-order valence-corrected chi connectivity index (χ1v) is 19.8. The number of carbonyl (C=O) groups is 2. The Hall–Kier alpha value is -4.88. The van der Waals surface area contributed by atoms with E-state index in [9.17, 15) is 24.2 Å². The van der Waals surface area contributed by atoms with Gasteiger partial charge in [-0.2, -0.15) is 0 Å². The number of aryl methyl sites for hydroxylation is 1. The Morgan fingerprint density at radius 2 is 1.84 bits per heavy atom. The molecule has 2 aromatic carbocycles. The van der Waals surface area contributed by atoms with Crippen molar-refractivity contribution in [3.8, 4) is 27.4 Å². The van der Waals surface area contributed by atoms with Gasteiger partial charge < -0.3 is 31.1 Å². The number of amides is 1. The standard InChI is InChI=1S/C42H52FN7O4S/c1-24(28-10-12-29(13-11-28)39-26(3)45-23-55-39)46-25(2)36-20-31(52)22-50(36)41(54)33(42(4,5)6)19-30(51)18-27-14-16-49(17-15-27)37-21-35(47-48-40(37)44)32-8-7-9-34(43)38(32)53/h7-13,21,23-24,27,31,33,36,46,52-53H,2,14-20,22H2,1,3-6H3,(H2,44,48)/t24-,31+,33+,36-/m0/s1. The first kappa shape index (κ1) is 39.8. The maximum atomic E-state index is 14.3. The molecule has 2 saturated heterocycles. The lowest BCUT2D eigenvalue weighted by Crippen LogP contribution is -2.47. The molecular weight excluding hydrogens is 718 g/mol. The topological polar surface area (TPSA) is 158 Å². The number of piperidine rings is 1.